The van der Waals surface area contributed by atoms with E-state index >= 15 is 0 Å². The Morgan fingerprint density at radius 3 is 2.60 bits per heavy atom. The molecule has 0 saturated carbocycles. The normalized spacial score (nSPS) is 24.6. The summed E-state index contributed by atoms with van der Waals surface area (Å²) in [5.74, 6) is 0.944. The van der Waals surface area contributed by atoms with Crippen LogP contribution in [0.5, 0.6) is 0 Å². The van der Waals surface area contributed by atoms with Crippen molar-refractivity contribution < 1.29 is 4.79 Å². The number of rotatable bonds is 4. The van der Waals surface area contributed by atoms with Gasteiger partial charge in [-0.05, 0) is 25.8 Å². The van der Waals surface area contributed by atoms with Gasteiger partial charge in [-0.25, -0.2) is 9.98 Å². The summed E-state index contributed by atoms with van der Waals surface area (Å²) in [5.41, 5.74) is 0.767. The number of fused-ring (bicyclic) bond motifs is 1. The fourth-order valence-electron chi connectivity index (χ4n) is 2.87. The number of carbonyl (C=O) groups is 1. The zero-order valence-electron chi connectivity index (χ0n) is 13.0. The number of nitrogens with zero attached hydrogens (tertiary/aromatic N) is 4. The molecule has 110 valence electrons. The third-order valence-electron chi connectivity index (χ3n) is 3.97. The lowest BCUT2D eigenvalue weighted by molar-refractivity contribution is -0.126. The van der Waals surface area contributed by atoms with E-state index in [9.17, 15) is 4.79 Å². The molecule has 0 fully saturated rings. The van der Waals surface area contributed by atoms with Gasteiger partial charge in [0, 0.05) is 26.4 Å². The minimum absolute atomic E-state index is 0.00343. The van der Waals surface area contributed by atoms with E-state index in [0.29, 0.717) is 6.04 Å². The molecule has 0 aromatic carbocycles. The molecular weight excluding hydrogens is 252 g/mol. The van der Waals surface area contributed by atoms with E-state index in [4.69, 9.17) is 0 Å². The molecule has 0 N–H and O–H groups in total. The van der Waals surface area contributed by atoms with Crippen molar-refractivity contribution in [2.24, 2.45) is 15.9 Å². The number of amidine groups is 1. The first kappa shape index (κ1) is 14.8. The second-order valence-electron chi connectivity index (χ2n) is 5.57. The highest BCUT2D eigenvalue weighted by Gasteiger charge is 2.40. The average molecular weight is 276 g/mol. The van der Waals surface area contributed by atoms with Crippen LogP contribution in [0.4, 0.5) is 0 Å². The van der Waals surface area contributed by atoms with Crippen molar-refractivity contribution in [3.8, 4) is 0 Å². The summed E-state index contributed by atoms with van der Waals surface area (Å²) in [5, 5.41) is 0. The molecule has 0 radical (unpaired) electrons. The Labute approximate surface area is 121 Å². The molecule has 1 amide bonds. The van der Waals surface area contributed by atoms with Gasteiger partial charge in [0.2, 0.25) is 0 Å². The predicted octanol–water partition coefficient (Wildman–Crippen LogP) is 1.91. The van der Waals surface area contributed by atoms with E-state index < -0.39 is 0 Å². The molecular formula is C15H24N4O. The molecule has 2 atom stereocenters. The van der Waals surface area contributed by atoms with Crippen molar-refractivity contribution in [1.29, 1.82) is 0 Å². The summed E-state index contributed by atoms with van der Waals surface area (Å²) >= 11 is 0. The molecule has 5 nitrogen and oxygen atoms in total. The fraction of sp³-hybridized carbons (Fsp3) is 0.667. The molecule has 2 heterocycles. The zero-order valence-corrected chi connectivity index (χ0v) is 13.0. The van der Waals surface area contributed by atoms with Gasteiger partial charge in [0.25, 0.3) is 5.91 Å². The number of carbonyl (C=O) groups excluding carboxylic acids is 1. The van der Waals surface area contributed by atoms with Crippen molar-refractivity contribution in [3.05, 3.63) is 11.8 Å². The number of amides is 1. The van der Waals surface area contributed by atoms with Crippen molar-refractivity contribution in [3.63, 3.8) is 0 Å². The van der Waals surface area contributed by atoms with Gasteiger partial charge in [0.1, 0.15) is 17.7 Å². The van der Waals surface area contributed by atoms with Crippen LogP contribution in [0.1, 0.15) is 33.6 Å². The van der Waals surface area contributed by atoms with Crippen molar-refractivity contribution in [2.75, 3.05) is 14.1 Å². The van der Waals surface area contributed by atoms with E-state index in [0.717, 1.165) is 24.4 Å². The van der Waals surface area contributed by atoms with Gasteiger partial charge >= 0.3 is 0 Å². The van der Waals surface area contributed by atoms with Crippen LogP contribution in [-0.2, 0) is 4.79 Å². The largest absolute Gasteiger partial charge is 0.344 e. The molecule has 2 rings (SSSR count). The van der Waals surface area contributed by atoms with Crippen LogP contribution in [0.25, 0.3) is 0 Å². The minimum Gasteiger partial charge on any atom is -0.344 e. The molecule has 0 bridgehead atoms. The Kier molecular flexibility index (Phi) is 4.26. The van der Waals surface area contributed by atoms with Gasteiger partial charge in [0.15, 0.2) is 0 Å². The van der Waals surface area contributed by atoms with Crippen LogP contribution < -0.4 is 0 Å². The first-order valence-electron chi connectivity index (χ1n) is 7.30. The Morgan fingerprint density at radius 1 is 1.40 bits per heavy atom. The minimum atomic E-state index is -0.00343. The monoisotopic (exact) mass is 276 g/mol. The quantitative estimate of drug-likeness (QED) is 0.787. The molecule has 0 spiro atoms. The lowest BCUT2D eigenvalue weighted by Gasteiger charge is -2.36. The highest BCUT2D eigenvalue weighted by molar-refractivity contribution is 5.96. The Morgan fingerprint density at radius 2 is 2.05 bits per heavy atom. The summed E-state index contributed by atoms with van der Waals surface area (Å²) in [6.07, 6.45) is 5.94. The highest BCUT2D eigenvalue weighted by atomic mass is 16.2. The molecule has 2 aliphatic rings. The molecule has 0 saturated heterocycles. The van der Waals surface area contributed by atoms with E-state index in [1.54, 1.807) is 19.0 Å². The third-order valence-corrected chi connectivity index (χ3v) is 3.97. The number of hydrogen-bond donors (Lipinski definition) is 0. The maximum atomic E-state index is 12.4. The number of likely N-dealkylation sites (N-methyl/N-ethyl adjacent to an activating group) is 1. The van der Waals surface area contributed by atoms with Crippen molar-refractivity contribution >= 4 is 18.0 Å². The predicted molar refractivity (Wildman–Crippen MR) is 81.9 cm³/mol. The van der Waals surface area contributed by atoms with Crippen molar-refractivity contribution in [1.82, 2.24) is 9.80 Å². The van der Waals surface area contributed by atoms with Gasteiger partial charge in [0.05, 0.1) is 5.92 Å². The lowest BCUT2D eigenvalue weighted by Crippen LogP contribution is -2.45. The van der Waals surface area contributed by atoms with Gasteiger partial charge < -0.3 is 9.80 Å². The molecule has 20 heavy (non-hydrogen) atoms. The van der Waals surface area contributed by atoms with Crippen LogP contribution in [-0.4, -0.2) is 54.1 Å². The molecule has 0 aromatic heterocycles. The first-order valence-corrected chi connectivity index (χ1v) is 7.30. The maximum absolute atomic E-state index is 12.4. The maximum Gasteiger partial charge on any atom is 0.269 e. The van der Waals surface area contributed by atoms with Crippen LogP contribution in [0, 0.1) is 5.92 Å². The SMILES string of the molecule is CCC(CC)N1C(C(=O)N(C)C)=CC2C=NC(C)=NC21. The summed E-state index contributed by atoms with van der Waals surface area (Å²) in [7, 11) is 3.58. The van der Waals surface area contributed by atoms with Crippen LogP contribution in [0.15, 0.2) is 21.8 Å². The Bertz CT molecular complexity index is 474. The van der Waals surface area contributed by atoms with E-state index in [1.165, 1.54) is 0 Å². The van der Waals surface area contributed by atoms with Gasteiger partial charge in [-0.2, -0.15) is 0 Å². The summed E-state index contributed by atoms with van der Waals surface area (Å²) in [4.78, 5) is 25.2. The zero-order chi connectivity index (χ0) is 14.9. The van der Waals surface area contributed by atoms with E-state index in [1.807, 2.05) is 19.2 Å². The van der Waals surface area contributed by atoms with Gasteiger partial charge in [-0.3, -0.25) is 4.79 Å². The topological polar surface area (TPSA) is 48.3 Å². The molecule has 2 aliphatic heterocycles. The third kappa shape index (κ3) is 2.49. The molecule has 0 aromatic rings. The van der Waals surface area contributed by atoms with Crippen LogP contribution in [0.2, 0.25) is 0 Å². The molecule has 2 unspecified atom stereocenters. The second-order valence-corrected chi connectivity index (χ2v) is 5.57. The van der Waals surface area contributed by atoms with Crippen molar-refractivity contribution in [2.45, 2.75) is 45.8 Å². The Balaban J connectivity index is 2.38. The highest BCUT2D eigenvalue weighted by Crippen LogP contribution is 2.34. The molecule has 0 aliphatic carbocycles. The second kappa shape index (κ2) is 5.77. The smallest absolute Gasteiger partial charge is 0.269 e. The van der Waals surface area contributed by atoms with Gasteiger partial charge in [-0.1, -0.05) is 13.8 Å². The average Bonchev–Trinajstić information content (AvgIpc) is 2.78. The summed E-state index contributed by atoms with van der Waals surface area (Å²) in [6, 6.07) is 0.336. The van der Waals surface area contributed by atoms with Crippen LogP contribution in [0.3, 0.4) is 0 Å². The molecule has 5 heteroatoms. The number of aliphatic imine (C=N–C) groups is 2. The fourth-order valence-corrected chi connectivity index (χ4v) is 2.87. The van der Waals surface area contributed by atoms with Crippen LogP contribution >= 0.6 is 0 Å². The van der Waals surface area contributed by atoms with E-state index in [-0.39, 0.29) is 18.0 Å². The standard InChI is InChI=1S/C15H24N4O/c1-6-12(7-2)19-13(15(20)18(4)5)8-11-9-16-10(3)17-14(11)19/h8-9,11-12,14H,6-7H2,1-5H3. The number of hydrogen-bond acceptors (Lipinski definition) is 4. The Hall–Kier alpha value is -1.65. The lowest BCUT2D eigenvalue weighted by atomic mass is 10.1. The summed E-state index contributed by atoms with van der Waals surface area (Å²) < 4.78 is 0. The summed E-state index contributed by atoms with van der Waals surface area (Å²) in [6.45, 7) is 6.23. The van der Waals surface area contributed by atoms with E-state index in [2.05, 4.69) is 28.7 Å². The first-order chi connectivity index (χ1) is 9.49. The van der Waals surface area contributed by atoms with Gasteiger partial charge in [-0.15, -0.1) is 0 Å².